The minimum atomic E-state index is -0.792. The fraction of sp³-hybridized carbons (Fsp3) is 0.115. The Balaban J connectivity index is 1.46. The number of ether oxygens (including phenoxy) is 2. The predicted octanol–water partition coefficient (Wildman–Crippen LogP) is 4.46. The number of imide groups is 1. The molecular weight excluding hydrogens is 626 g/mol. The number of carbonyl (C=O) groups is 3. The van der Waals surface area contributed by atoms with Crippen LogP contribution in [-0.2, 0) is 16.2 Å². The molecule has 2 N–H and O–H groups in total. The van der Waals surface area contributed by atoms with Crippen molar-refractivity contribution in [2.24, 2.45) is 0 Å². The molecule has 1 fully saturated rings. The van der Waals surface area contributed by atoms with Gasteiger partial charge in [0.15, 0.2) is 11.5 Å². The minimum absolute atomic E-state index is 0.0267. The van der Waals surface area contributed by atoms with Gasteiger partial charge < -0.3 is 20.1 Å². The Labute approximate surface area is 234 Å². The Morgan fingerprint density at radius 3 is 2.56 bits per heavy atom. The number of nitrogens with one attached hydrogen (secondary N) is 2. The van der Waals surface area contributed by atoms with Gasteiger partial charge in [0.25, 0.3) is 11.6 Å². The highest BCUT2D eigenvalue weighted by molar-refractivity contribution is 14.1. The van der Waals surface area contributed by atoms with Gasteiger partial charge in [0, 0.05) is 12.1 Å². The van der Waals surface area contributed by atoms with E-state index in [-0.39, 0.29) is 23.7 Å². The average molecular weight is 646 g/mol. The Kier molecular flexibility index (Phi) is 8.39. The topological polar surface area (TPSA) is 140 Å². The van der Waals surface area contributed by atoms with E-state index in [4.69, 9.17) is 9.47 Å². The number of amides is 4. The predicted molar refractivity (Wildman–Crippen MR) is 146 cm³/mol. The van der Waals surface area contributed by atoms with Gasteiger partial charge in [-0.3, -0.25) is 19.7 Å². The Bertz CT molecular complexity index is 1490. The average Bonchev–Trinajstić information content (AvgIpc) is 3.16. The van der Waals surface area contributed by atoms with Gasteiger partial charge in [-0.05, 0) is 76.2 Å². The third-order valence-corrected chi connectivity index (χ3v) is 6.31. The standard InChI is InChI=1S/C26H20FIN4O7/c1-38-22-12-16(10-19(28)24(22)39-14-15-6-8-17(9-7-15)32(36)37)11-21-25(34)31(26(35)30-21)13-23(33)29-20-5-3-2-4-18(20)27/h2-12H,13-14H2,1H3,(H,29,33)(H,30,35)/b21-11+. The minimum Gasteiger partial charge on any atom is -0.493 e. The summed E-state index contributed by atoms with van der Waals surface area (Å²) in [6, 6.07) is 14.0. The first-order valence-electron chi connectivity index (χ1n) is 11.3. The molecule has 11 nitrogen and oxygen atoms in total. The maximum absolute atomic E-state index is 13.8. The molecule has 13 heteroatoms. The van der Waals surface area contributed by atoms with Crippen LogP contribution >= 0.6 is 22.6 Å². The van der Waals surface area contributed by atoms with Crippen molar-refractivity contribution in [2.75, 3.05) is 19.0 Å². The van der Waals surface area contributed by atoms with Crippen LogP contribution in [0.4, 0.5) is 20.6 Å². The number of nitro benzene ring substituents is 1. The smallest absolute Gasteiger partial charge is 0.329 e. The molecule has 200 valence electrons. The van der Waals surface area contributed by atoms with Crippen molar-refractivity contribution in [3.63, 3.8) is 0 Å². The van der Waals surface area contributed by atoms with Crippen LogP contribution in [0.1, 0.15) is 11.1 Å². The van der Waals surface area contributed by atoms with Gasteiger partial charge in [-0.1, -0.05) is 12.1 Å². The summed E-state index contributed by atoms with van der Waals surface area (Å²) in [5.74, 6) is -1.33. The van der Waals surface area contributed by atoms with Crippen LogP contribution in [0, 0.1) is 19.5 Å². The lowest BCUT2D eigenvalue weighted by atomic mass is 10.1. The lowest BCUT2D eigenvalue weighted by Gasteiger charge is -2.14. The first-order valence-corrected chi connectivity index (χ1v) is 12.4. The molecule has 1 aliphatic heterocycles. The maximum atomic E-state index is 13.8. The first kappa shape index (κ1) is 27.5. The lowest BCUT2D eigenvalue weighted by molar-refractivity contribution is -0.384. The Morgan fingerprint density at radius 2 is 1.90 bits per heavy atom. The van der Waals surface area contributed by atoms with Gasteiger partial charge in [0.05, 0.1) is 21.3 Å². The molecule has 0 aliphatic carbocycles. The summed E-state index contributed by atoms with van der Waals surface area (Å²) in [6.45, 7) is -0.476. The zero-order chi connectivity index (χ0) is 28.1. The van der Waals surface area contributed by atoms with Gasteiger partial charge in [-0.15, -0.1) is 0 Å². The molecule has 0 radical (unpaired) electrons. The summed E-state index contributed by atoms with van der Waals surface area (Å²) in [4.78, 5) is 48.6. The third-order valence-electron chi connectivity index (χ3n) is 5.51. The molecular formula is C26H20FIN4O7. The molecule has 39 heavy (non-hydrogen) atoms. The zero-order valence-electron chi connectivity index (χ0n) is 20.3. The Morgan fingerprint density at radius 1 is 1.18 bits per heavy atom. The van der Waals surface area contributed by atoms with E-state index < -0.39 is 35.1 Å². The lowest BCUT2D eigenvalue weighted by Crippen LogP contribution is -2.38. The number of nitro groups is 1. The van der Waals surface area contributed by atoms with Crippen molar-refractivity contribution in [3.05, 3.63) is 97.0 Å². The second kappa shape index (κ2) is 11.9. The maximum Gasteiger partial charge on any atom is 0.329 e. The Hall–Kier alpha value is -4.53. The second-order valence-corrected chi connectivity index (χ2v) is 9.32. The number of halogens is 2. The van der Waals surface area contributed by atoms with Gasteiger partial charge in [-0.25, -0.2) is 14.1 Å². The number of hydrogen-bond acceptors (Lipinski definition) is 7. The van der Waals surface area contributed by atoms with E-state index in [1.54, 1.807) is 24.3 Å². The highest BCUT2D eigenvalue weighted by Gasteiger charge is 2.35. The monoisotopic (exact) mass is 646 g/mol. The number of urea groups is 1. The van der Waals surface area contributed by atoms with E-state index in [9.17, 15) is 28.9 Å². The van der Waals surface area contributed by atoms with E-state index in [0.717, 1.165) is 0 Å². The number of benzene rings is 3. The van der Waals surface area contributed by atoms with E-state index in [2.05, 4.69) is 10.6 Å². The summed E-state index contributed by atoms with van der Waals surface area (Å²) in [7, 11) is 1.44. The van der Waals surface area contributed by atoms with Crippen molar-refractivity contribution < 1.29 is 33.2 Å². The van der Waals surface area contributed by atoms with Crippen molar-refractivity contribution in [1.82, 2.24) is 10.2 Å². The quantitative estimate of drug-likeness (QED) is 0.115. The zero-order valence-corrected chi connectivity index (χ0v) is 22.4. The molecule has 0 bridgehead atoms. The second-order valence-electron chi connectivity index (χ2n) is 8.15. The van der Waals surface area contributed by atoms with Crippen LogP contribution in [0.2, 0.25) is 0 Å². The van der Waals surface area contributed by atoms with E-state index in [1.165, 1.54) is 49.6 Å². The van der Waals surface area contributed by atoms with Crippen molar-refractivity contribution >= 4 is 57.9 Å². The third kappa shape index (κ3) is 6.49. The van der Waals surface area contributed by atoms with Crippen LogP contribution in [0.25, 0.3) is 6.08 Å². The van der Waals surface area contributed by atoms with Crippen molar-refractivity contribution in [3.8, 4) is 11.5 Å². The SMILES string of the molecule is COc1cc(/C=C2/NC(=O)N(CC(=O)Nc3ccccc3F)C2=O)cc(I)c1OCc1ccc([N+](=O)[O-])cc1. The molecule has 0 saturated carbocycles. The fourth-order valence-corrected chi connectivity index (χ4v) is 4.39. The van der Waals surface area contributed by atoms with E-state index in [0.29, 0.717) is 31.1 Å². The molecule has 4 rings (SSSR count). The van der Waals surface area contributed by atoms with Crippen LogP contribution in [-0.4, -0.2) is 41.3 Å². The van der Waals surface area contributed by atoms with Gasteiger partial charge in [-0.2, -0.15) is 0 Å². The number of non-ortho nitro benzene ring substituents is 1. The van der Waals surface area contributed by atoms with Gasteiger partial charge in [0.2, 0.25) is 5.91 Å². The van der Waals surface area contributed by atoms with Crippen molar-refractivity contribution in [2.45, 2.75) is 6.61 Å². The molecule has 0 unspecified atom stereocenters. The van der Waals surface area contributed by atoms with Crippen LogP contribution in [0.3, 0.4) is 0 Å². The molecule has 1 heterocycles. The number of para-hydroxylation sites is 1. The van der Waals surface area contributed by atoms with Crippen LogP contribution < -0.4 is 20.1 Å². The highest BCUT2D eigenvalue weighted by atomic mass is 127. The molecule has 4 amide bonds. The number of anilines is 1. The molecule has 0 aromatic heterocycles. The molecule has 1 saturated heterocycles. The summed E-state index contributed by atoms with van der Waals surface area (Å²) in [5, 5.41) is 15.6. The number of nitrogens with zero attached hydrogens (tertiary/aromatic N) is 2. The number of methoxy groups -OCH3 is 1. The molecule has 3 aromatic rings. The van der Waals surface area contributed by atoms with Crippen LogP contribution in [0.15, 0.2) is 66.4 Å². The molecule has 3 aromatic carbocycles. The normalized spacial score (nSPS) is 13.8. The summed E-state index contributed by atoms with van der Waals surface area (Å²) in [5.41, 5.74) is 1.07. The number of carbonyl (C=O) groups excluding carboxylic acids is 3. The number of rotatable bonds is 9. The molecule has 0 spiro atoms. The summed E-state index contributed by atoms with van der Waals surface area (Å²) in [6.07, 6.45) is 1.43. The first-order chi connectivity index (χ1) is 18.7. The van der Waals surface area contributed by atoms with E-state index >= 15 is 0 Å². The summed E-state index contributed by atoms with van der Waals surface area (Å²) < 4.78 is 25.8. The fourth-order valence-electron chi connectivity index (χ4n) is 3.61. The molecule has 1 aliphatic rings. The summed E-state index contributed by atoms with van der Waals surface area (Å²) >= 11 is 2.03. The van der Waals surface area contributed by atoms with E-state index in [1.807, 2.05) is 22.6 Å². The van der Waals surface area contributed by atoms with Crippen LogP contribution in [0.5, 0.6) is 11.5 Å². The number of hydrogen-bond donors (Lipinski definition) is 2. The highest BCUT2D eigenvalue weighted by Crippen LogP contribution is 2.35. The largest absolute Gasteiger partial charge is 0.493 e. The van der Waals surface area contributed by atoms with Gasteiger partial charge in [0.1, 0.15) is 24.7 Å². The van der Waals surface area contributed by atoms with Crippen molar-refractivity contribution in [1.29, 1.82) is 0 Å². The van der Waals surface area contributed by atoms with Gasteiger partial charge >= 0.3 is 6.03 Å². The molecule has 0 atom stereocenters.